The van der Waals surface area contributed by atoms with Gasteiger partial charge in [0.2, 0.25) is 0 Å². The van der Waals surface area contributed by atoms with Crippen molar-refractivity contribution in [2.75, 3.05) is 6.54 Å². The first kappa shape index (κ1) is 12.9. The zero-order chi connectivity index (χ0) is 13.0. The van der Waals surface area contributed by atoms with E-state index in [2.05, 4.69) is 0 Å². The van der Waals surface area contributed by atoms with Crippen LogP contribution in [0.3, 0.4) is 0 Å². The quantitative estimate of drug-likeness (QED) is 0.806. The Bertz CT molecular complexity index is 394. The predicted octanol–water partition coefficient (Wildman–Crippen LogP) is 1.82. The molecule has 2 rings (SSSR count). The van der Waals surface area contributed by atoms with Gasteiger partial charge in [0.05, 0.1) is 5.92 Å². The normalized spacial score (nSPS) is 19.1. The van der Waals surface area contributed by atoms with Gasteiger partial charge in [-0.15, -0.1) is 0 Å². The van der Waals surface area contributed by atoms with Crippen molar-refractivity contribution in [3.05, 3.63) is 29.8 Å². The van der Waals surface area contributed by atoms with Crippen LogP contribution < -0.4 is 10.5 Å². The van der Waals surface area contributed by atoms with Gasteiger partial charge in [0.15, 0.2) is 0 Å². The van der Waals surface area contributed by atoms with E-state index in [1.807, 2.05) is 24.3 Å². The number of nitrogens with two attached hydrogens (primary N) is 1. The van der Waals surface area contributed by atoms with E-state index in [0.29, 0.717) is 19.4 Å². The van der Waals surface area contributed by atoms with Crippen LogP contribution in [-0.4, -0.2) is 23.7 Å². The number of rotatable bonds is 6. The lowest BCUT2D eigenvalue weighted by Crippen LogP contribution is -2.24. The number of carbonyl (C=O) groups is 1. The van der Waals surface area contributed by atoms with Crippen molar-refractivity contribution in [3.63, 3.8) is 0 Å². The summed E-state index contributed by atoms with van der Waals surface area (Å²) in [5, 5.41) is 9.18. The first-order valence-electron chi connectivity index (χ1n) is 6.38. The Hall–Kier alpha value is -1.55. The summed E-state index contributed by atoms with van der Waals surface area (Å²) in [7, 11) is 0. The van der Waals surface area contributed by atoms with Gasteiger partial charge in [-0.3, -0.25) is 4.79 Å². The van der Waals surface area contributed by atoms with Gasteiger partial charge in [-0.25, -0.2) is 0 Å². The Morgan fingerprint density at radius 3 is 2.94 bits per heavy atom. The minimum Gasteiger partial charge on any atom is -0.490 e. The van der Waals surface area contributed by atoms with Crippen LogP contribution in [0, 0.1) is 5.92 Å². The summed E-state index contributed by atoms with van der Waals surface area (Å²) in [4.78, 5) is 11.2. The van der Waals surface area contributed by atoms with Gasteiger partial charge in [-0.05, 0) is 37.4 Å². The van der Waals surface area contributed by atoms with Crippen molar-refractivity contribution in [3.8, 4) is 5.75 Å². The SMILES string of the molecule is NCCCC(CC1Cc2ccccc2O1)C(=O)O. The van der Waals surface area contributed by atoms with Gasteiger partial charge < -0.3 is 15.6 Å². The minimum atomic E-state index is -0.747. The van der Waals surface area contributed by atoms with Gasteiger partial charge in [-0.1, -0.05) is 18.2 Å². The lowest BCUT2D eigenvalue weighted by Gasteiger charge is -2.16. The topological polar surface area (TPSA) is 72.5 Å². The summed E-state index contributed by atoms with van der Waals surface area (Å²) in [5.74, 6) is -0.207. The van der Waals surface area contributed by atoms with Crippen molar-refractivity contribution >= 4 is 5.97 Å². The van der Waals surface area contributed by atoms with Crippen LogP contribution in [0.2, 0.25) is 0 Å². The summed E-state index contributed by atoms with van der Waals surface area (Å²) in [5.41, 5.74) is 6.60. The van der Waals surface area contributed by atoms with Gasteiger partial charge in [-0.2, -0.15) is 0 Å². The van der Waals surface area contributed by atoms with E-state index < -0.39 is 5.97 Å². The van der Waals surface area contributed by atoms with E-state index in [1.54, 1.807) is 0 Å². The fourth-order valence-corrected chi connectivity index (χ4v) is 2.41. The minimum absolute atomic E-state index is 0.0127. The van der Waals surface area contributed by atoms with Crippen LogP contribution in [0.25, 0.3) is 0 Å². The zero-order valence-electron chi connectivity index (χ0n) is 10.3. The van der Waals surface area contributed by atoms with E-state index in [9.17, 15) is 9.90 Å². The molecule has 0 aromatic heterocycles. The van der Waals surface area contributed by atoms with E-state index in [4.69, 9.17) is 10.5 Å². The summed E-state index contributed by atoms with van der Waals surface area (Å²) >= 11 is 0. The standard InChI is InChI=1S/C14H19NO3/c15-7-3-5-11(14(16)17)9-12-8-10-4-1-2-6-13(10)18-12/h1-2,4,6,11-12H,3,5,7-9,15H2,(H,16,17). The lowest BCUT2D eigenvalue weighted by molar-refractivity contribution is -0.142. The second kappa shape index (κ2) is 5.87. The highest BCUT2D eigenvalue weighted by Crippen LogP contribution is 2.31. The van der Waals surface area contributed by atoms with Crippen LogP contribution in [0.15, 0.2) is 24.3 Å². The first-order chi connectivity index (χ1) is 8.70. The van der Waals surface area contributed by atoms with Gasteiger partial charge in [0.25, 0.3) is 0 Å². The molecule has 0 radical (unpaired) electrons. The molecule has 18 heavy (non-hydrogen) atoms. The van der Waals surface area contributed by atoms with Gasteiger partial charge in [0.1, 0.15) is 11.9 Å². The van der Waals surface area contributed by atoms with E-state index in [-0.39, 0.29) is 12.0 Å². The molecule has 0 saturated heterocycles. The first-order valence-corrected chi connectivity index (χ1v) is 6.38. The van der Waals surface area contributed by atoms with Crippen LogP contribution in [-0.2, 0) is 11.2 Å². The second-order valence-corrected chi connectivity index (χ2v) is 4.75. The molecule has 2 atom stereocenters. The van der Waals surface area contributed by atoms with Crippen molar-refractivity contribution in [1.29, 1.82) is 0 Å². The maximum atomic E-state index is 11.2. The number of hydrogen-bond acceptors (Lipinski definition) is 3. The predicted molar refractivity (Wildman–Crippen MR) is 68.6 cm³/mol. The molecule has 0 aliphatic carbocycles. The van der Waals surface area contributed by atoms with Crippen LogP contribution in [0.5, 0.6) is 5.75 Å². The largest absolute Gasteiger partial charge is 0.490 e. The lowest BCUT2D eigenvalue weighted by atomic mass is 9.94. The number of ether oxygens (including phenoxy) is 1. The van der Waals surface area contributed by atoms with Gasteiger partial charge in [0, 0.05) is 6.42 Å². The summed E-state index contributed by atoms with van der Waals surface area (Å²) in [6.45, 7) is 0.537. The number of carboxylic acid groups (broad SMARTS) is 1. The molecule has 0 fully saturated rings. The zero-order valence-corrected chi connectivity index (χ0v) is 10.3. The number of carboxylic acids is 1. The maximum Gasteiger partial charge on any atom is 0.306 e. The molecule has 2 unspecified atom stereocenters. The van der Waals surface area contributed by atoms with Crippen LogP contribution in [0.4, 0.5) is 0 Å². The smallest absolute Gasteiger partial charge is 0.306 e. The molecule has 1 aromatic rings. The Morgan fingerprint density at radius 2 is 2.28 bits per heavy atom. The van der Waals surface area contributed by atoms with Crippen molar-refractivity contribution in [2.24, 2.45) is 11.7 Å². The summed E-state index contributed by atoms with van der Waals surface area (Å²) in [6.07, 6.45) is 2.73. The molecule has 98 valence electrons. The molecule has 1 aromatic carbocycles. The third-order valence-electron chi connectivity index (χ3n) is 3.37. The molecular weight excluding hydrogens is 230 g/mol. The summed E-state index contributed by atoms with van der Waals surface area (Å²) < 4.78 is 5.77. The highest BCUT2D eigenvalue weighted by molar-refractivity contribution is 5.70. The third kappa shape index (κ3) is 3.01. The van der Waals surface area contributed by atoms with Crippen molar-refractivity contribution < 1.29 is 14.6 Å². The molecule has 0 spiro atoms. The Labute approximate surface area is 107 Å². The number of hydrogen-bond donors (Lipinski definition) is 2. The molecule has 1 aliphatic rings. The average molecular weight is 249 g/mol. The van der Waals surface area contributed by atoms with E-state index >= 15 is 0 Å². The molecular formula is C14H19NO3. The Morgan fingerprint density at radius 1 is 1.50 bits per heavy atom. The Kier molecular flexibility index (Phi) is 4.20. The molecule has 3 N–H and O–H groups in total. The van der Waals surface area contributed by atoms with Crippen LogP contribution >= 0.6 is 0 Å². The van der Waals surface area contributed by atoms with Crippen LogP contribution in [0.1, 0.15) is 24.8 Å². The van der Waals surface area contributed by atoms with Crippen molar-refractivity contribution in [2.45, 2.75) is 31.8 Å². The molecule has 0 amide bonds. The Balaban J connectivity index is 1.92. The fraction of sp³-hybridized carbons (Fsp3) is 0.500. The molecule has 4 heteroatoms. The number of fused-ring (bicyclic) bond motifs is 1. The second-order valence-electron chi connectivity index (χ2n) is 4.75. The number of para-hydroxylation sites is 1. The van der Waals surface area contributed by atoms with Gasteiger partial charge >= 0.3 is 5.97 Å². The molecule has 0 bridgehead atoms. The monoisotopic (exact) mass is 249 g/mol. The fourth-order valence-electron chi connectivity index (χ4n) is 2.41. The highest BCUT2D eigenvalue weighted by Gasteiger charge is 2.28. The molecule has 0 saturated carbocycles. The number of aliphatic carboxylic acids is 1. The van der Waals surface area contributed by atoms with E-state index in [1.165, 1.54) is 5.56 Å². The maximum absolute atomic E-state index is 11.2. The summed E-state index contributed by atoms with van der Waals surface area (Å²) in [6, 6.07) is 7.88. The average Bonchev–Trinajstić information content (AvgIpc) is 2.76. The molecule has 1 aliphatic heterocycles. The molecule has 4 nitrogen and oxygen atoms in total. The number of benzene rings is 1. The molecule has 1 heterocycles. The van der Waals surface area contributed by atoms with E-state index in [0.717, 1.165) is 18.6 Å². The highest BCUT2D eigenvalue weighted by atomic mass is 16.5. The van der Waals surface area contributed by atoms with Crippen molar-refractivity contribution in [1.82, 2.24) is 0 Å². The third-order valence-corrected chi connectivity index (χ3v) is 3.37.